The fourth-order valence-corrected chi connectivity index (χ4v) is 1.42. The lowest BCUT2D eigenvalue weighted by Gasteiger charge is -2.15. The molecule has 0 spiro atoms. The number of carbonyl (C=O) groups is 1. The lowest BCUT2D eigenvalue weighted by molar-refractivity contribution is -0.126. The van der Waals surface area contributed by atoms with E-state index in [0.717, 1.165) is 0 Å². The minimum atomic E-state index is -0.0894. The second kappa shape index (κ2) is 8.75. The predicted octanol–water partition coefficient (Wildman–Crippen LogP) is -0.0753. The van der Waals surface area contributed by atoms with Gasteiger partial charge in [-0.05, 0) is 18.8 Å². The molecule has 0 bridgehead atoms. The van der Waals surface area contributed by atoms with E-state index in [1.807, 2.05) is 0 Å². The average molecular weight is 253 g/mol. The lowest BCUT2D eigenvalue weighted by atomic mass is 10.2. The van der Waals surface area contributed by atoms with Crippen molar-refractivity contribution >= 4 is 18.3 Å². The highest BCUT2D eigenvalue weighted by Gasteiger charge is 2.31. The molecule has 1 fully saturated rings. The van der Waals surface area contributed by atoms with Crippen molar-refractivity contribution in [2.45, 2.75) is 18.9 Å². The standard InChI is InChI=1S/C10H20N2O3.ClH/c1-14-4-5-15-7-10(13)12-9(6-11)8-2-3-8;/h8-9H,2-7,11H2,1H3,(H,12,13);1H. The van der Waals surface area contributed by atoms with Gasteiger partial charge >= 0.3 is 0 Å². The summed E-state index contributed by atoms with van der Waals surface area (Å²) in [5, 5.41) is 2.88. The molecule has 1 amide bonds. The van der Waals surface area contributed by atoms with E-state index in [9.17, 15) is 4.79 Å². The van der Waals surface area contributed by atoms with Crippen LogP contribution in [0.25, 0.3) is 0 Å². The Morgan fingerprint density at radius 2 is 2.19 bits per heavy atom. The van der Waals surface area contributed by atoms with Gasteiger partial charge in [0.25, 0.3) is 0 Å². The molecule has 0 aromatic heterocycles. The third kappa shape index (κ3) is 6.27. The van der Waals surface area contributed by atoms with Gasteiger partial charge in [-0.3, -0.25) is 4.79 Å². The van der Waals surface area contributed by atoms with Crippen molar-refractivity contribution in [3.63, 3.8) is 0 Å². The van der Waals surface area contributed by atoms with E-state index in [2.05, 4.69) is 5.32 Å². The summed E-state index contributed by atoms with van der Waals surface area (Å²) in [7, 11) is 1.60. The minimum absolute atomic E-state index is 0. The van der Waals surface area contributed by atoms with Crippen molar-refractivity contribution in [2.75, 3.05) is 33.5 Å². The molecule has 0 radical (unpaired) electrons. The Hall–Kier alpha value is -0.360. The van der Waals surface area contributed by atoms with Crippen LogP contribution in [0.3, 0.4) is 0 Å². The summed E-state index contributed by atoms with van der Waals surface area (Å²) < 4.78 is 9.90. The molecule has 1 unspecified atom stereocenters. The number of hydrogen-bond donors (Lipinski definition) is 2. The molecule has 0 aromatic rings. The van der Waals surface area contributed by atoms with Gasteiger partial charge in [-0.1, -0.05) is 0 Å². The molecule has 1 aliphatic rings. The summed E-state index contributed by atoms with van der Waals surface area (Å²) in [6, 6.07) is 0.128. The van der Waals surface area contributed by atoms with E-state index in [4.69, 9.17) is 15.2 Å². The van der Waals surface area contributed by atoms with Gasteiger partial charge in [-0.25, -0.2) is 0 Å². The van der Waals surface area contributed by atoms with Gasteiger partial charge in [0.05, 0.1) is 13.2 Å². The Morgan fingerprint density at radius 1 is 1.50 bits per heavy atom. The number of amides is 1. The van der Waals surface area contributed by atoms with Crippen LogP contribution in [-0.2, 0) is 14.3 Å². The lowest BCUT2D eigenvalue weighted by Crippen LogP contribution is -2.43. The highest BCUT2D eigenvalue weighted by Crippen LogP contribution is 2.32. The first-order valence-electron chi connectivity index (χ1n) is 5.34. The Balaban J connectivity index is 0.00000225. The molecule has 1 aliphatic carbocycles. The summed E-state index contributed by atoms with van der Waals surface area (Å²) in [4.78, 5) is 11.4. The number of nitrogens with one attached hydrogen (secondary N) is 1. The van der Waals surface area contributed by atoms with Crippen molar-refractivity contribution in [3.05, 3.63) is 0 Å². The third-order valence-corrected chi connectivity index (χ3v) is 2.46. The van der Waals surface area contributed by atoms with Crippen LogP contribution in [0.5, 0.6) is 0 Å². The second-order valence-corrected chi connectivity index (χ2v) is 3.79. The largest absolute Gasteiger partial charge is 0.382 e. The number of nitrogens with two attached hydrogens (primary N) is 1. The number of halogens is 1. The SMILES string of the molecule is COCCOCC(=O)NC(CN)C1CC1.Cl. The Labute approximate surface area is 102 Å². The van der Waals surface area contributed by atoms with Crippen LogP contribution in [0.15, 0.2) is 0 Å². The van der Waals surface area contributed by atoms with E-state index in [1.54, 1.807) is 7.11 Å². The smallest absolute Gasteiger partial charge is 0.246 e. The van der Waals surface area contributed by atoms with E-state index in [1.165, 1.54) is 12.8 Å². The van der Waals surface area contributed by atoms with Gasteiger partial charge in [0.1, 0.15) is 6.61 Å². The topological polar surface area (TPSA) is 73.6 Å². The highest BCUT2D eigenvalue weighted by atomic mass is 35.5. The zero-order chi connectivity index (χ0) is 11.1. The van der Waals surface area contributed by atoms with Crippen molar-refractivity contribution in [3.8, 4) is 0 Å². The van der Waals surface area contributed by atoms with Crippen LogP contribution in [0.4, 0.5) is 0 Å². The van der Waals surface area contributed by atoms with Gasteiger partial charge in [0.2, 0.25) is 5.91 Å². The molecule has 5 nitrogen and oxygen atoms in total. The molecule has 0 aliphatic heterocycles. The zero-order valence-corrected chi connectivity index (χ0v) is 10.4. The normalized spacial score (nSPS) is 16.4. The second-order valence-electron chi connectivity index (χ2n) is 3.79. The molecule has 1 saturated carbocycles. The molecule has 6 heteroatoms. The van der Waals surface area contributed by atoms with Crippen LogP contribution >= 0.6 is 12.4 Å². The summed E-state index contributed by atoms with van der Waals surface area (Å²) in [6.45, 7) is 1.55. The Bertz CT molecular complexity index is 201. The van der Waals surface area contributed by atoms with Gasteiger partial charge in [0, 0.05) is 19.7 Å². The molecule has 16 heavy (non-hydrogen) atoms. The molecule has 1 rings (SSSR count). The maximum absolute atomic E-state index is 11.4. The molecule has 0 aromatic carbocycles. The fraction of sp³-hybridized carbons (Fsp3) is 0.900. The van der Waals surface area contributed by atoms with Gasteiger partial charge in [-0.15, -0.1) is 12.4 Å². The Morgan fingerprint density at radius 3 is 2.69 bits per heavy atom. The molecule has 96 valence electrons. The number of hydrogen-bond acceptors (Lipinski definition) is 4. The van der Waals surface area contributed by atoms with Gasteiger partial charge in [0.15, 0.2) is 0 Å². The minimum Gasteiger partial charge on any atom is -0.382 e. The monoisotopic (exact) mass is 252 g/mol. The van der Waals surface area contributed by atoms with Crippen LogP contribution in [-0.4, -0.2) is 45.4 Å². The van der Waals surface area contributed by atoms with E-state index < -0.39 is 0 Å². The number of ether oxygens (including phenoxy) is 2. The first kappa shape index (κ1) is 15.6. The van der Waals surface area contributed by atoms with Crippen molar-refractivity contribution in [1.82, 2.24) is 5.32 Å². The van der Waals surface area contributed by atoms with Crippen LogP contribution in [0.2, 0.25) is 0 Å². The van der Waals surface area contributed by atoms with E-state index in [0.29, 0.717) is 25.7 Å². The highest BCUT2D eigenvalue weighted by molar-refractivity contribution is 5.85. The quantitative estimate of drug-likeness (QED) is 0.593. The molecule has 0 heterocycles. The van der Waals surface area contributed by atoms with Crippen molar-refractivity contribution in [2.24, 2.45) is 11.7 Å². The molecule has 3 N–H and O–H groups in total. The molecule has 1 atom stereocenters. The van der Waals surface area contributed by atoms with Gasteiger partial charge in [-0.2, -0.15) is 0 Å². The van der Waals surface area contributed by atoms with E-state index in [-0.39, 0.29) is 31.0 Å². The van der Waals surface area contributed by atoms with Crippen LogP contribution in [0, 0.1) is 5.92 Å². The molecular weight excluding hydrogens is 232 g/mol. The van der Waals surface area contributed by atoms with Gasteiger partial charge < -0.3 is 20.5 Å². The molecule has 0 saturated heterocycles. The number of methoxy groups -OCH3 is 1. The maximum atomic E-state index is 11.4. The fourth-order valence-electron chi connectivity index (χ4n) is 1.42. The van der Waals surface area contributed by atoms with Crippen LogP contribution < -0.4 is 11.1 Å². The van der Waals surface area contributed by atoms with Crippen LogP contribution in [0.1, 0.15) is 12.8 Å². The first-order valence-corrected chi connectivity index (χ1v) is 5.34. The summed E-state index contributed by atoms with van der Waals surface area (Å²) in [6.07, 6.45) is 2.35. The van der Waals surface area contributed by atoms with E-state index >= 15 is 0 Å². The predicted molar refractivity (Wildman–Crippen MR) is 63.7 cm³/mol. The first-order chi connectivity index (χ1) is 7.27. The number of carbonyl (C=O) groups excluding carboxylic acids is 1. The summed E-state index contributed by atoms with van der Waals surface area (Å²) in [5.41, 5.74) is 5.56. The van der Waals surface area contributed by atoms with Crippen molar-refractivity contribution < 1.29 is 14.3 Å². The summed E-state index contributed by atoms with van der Waals surface area (Å²) in [5.74, 6) is 0.492. The third-order valence-electron chi connectivity index (χ3n) is 2.46. The number of rotatable bonds is 8. The maximum Gasteiger partial charge on any atom is 0.246 e. The zero-order valence-electron chi connectivity index (χ0n) is 9.61. The average Bonchev–Trinajstić information content (AvgIpc) is 3.05. The van der Waals surface area contributed by atoms with Crippen molar-refractivity contribution in [1.29, 1.82) is 0 Å². The summed E-state index contributed by atoms with van der Waals surface area (Å²) >= 11 is 0. The Kier molecular flexibility index (Phi) is 8.56. The molecular formula is C10H21ClN2O3.